The monoisotopic (exact) mass is 280 g/mol. The number of rotatable bonds is 5. The molecule has 0 spiro atoms. The fourth-order valence-corrected chi connectivity index (χ4v) is 2.93. The maximum atomic E-state index is 11.4. The first kappa shape index (κ1) is 14.2. The molecule has 4 nitrogen and oxygen atoms in total. The molecule has 1 aliphatic rings. The zero-order valence-corrected chi connectivity index (χ0v) is 12.1. The molecule has 104 valence electrons. The molecule has 2 rings (SSSR count). The van der Waals surface area contributed by atoms with Gasteiger partial charge in [-0.05, 0) is 25.5 Å². The Morgan fingerprint density at radius 3 is 2.95 bits per heavy atom. The van der Waals surface area contributed by atoms with Gasteiger partial charge in [0.2, 0.25) is 5.91 Å². The van der Waals surface area contributed by atoms with Crippen molar-refractivity contribution in [1.29, 1.82) is 0 Å². The van der Waals surface area contributed by atoms with Crippen LogP contribution in [0.5, 0.6) is 5.75 Å². The number of ether oxygens (including phenoxy) is 1. The summed E-state index contributed by atoms with van der Waals surface area (Å²) < 4.78 is 5.72. The van der Waals surface area contributed by atoms with Crippen molar-refractivity contribution in [1.82, 2.24) is 10.6 Å². The fraction of sp³-hybridized carbons (Fsp3) is 0.500. The zero-order valence-electron chi connectivity index (χ0n) is 11.3. The predicted octanol–water partition coefficient (Wildman–Crippen LogP) is 1.89. The Morgan fingerprint density at radius 2 is 2.21 bits per heavy atom. The number of thioether (sulfide) groups is 1. The van der Waals surface area contributed by atoms with Gasteiger partial charge < -0.3 is 10.1 Å². The molecule has 2 N–H and O–H groups in total. The highest BCUT2D eigenvalue weighted by molar-refractivity contribution is 7.99. The average molecular weight is 280 g/mol. The smallest absolute Gasteiger partial charge is 0.223 e. The van der Waals surface area contributed by atoms with Crippen LogP contribution in [0.3, 0.4) is 0 Å². The number of aryl methyl sites for hydroxylation is 1. The topological polar surface area (TPSA) is 50.4 Å². The summed E-state index contributed by atoms with van der Waals surface area (Å²) in [7, 11) is 0. The van der Waals surface area contributed by atoms with E-state index in [1.165, 1.54) is 0 Å². The van der Waals surface area contributed by atoms with Crippen LogP contribution in [-0.2, 0) is 4.79 Å². The van der Waals surface area contributed by atoms with Crippen LogP contribution in [-0.4, -0.2) is 29.8 Å². The SMILES string of the molecule is Cc1ccccc1OCCSC1NC(=O)CC(C)N1. The molecule has 0 radical (unpaired) electrons. The minimum Gasteiger partial charge on any atom is -0.492 e. The summed E-state index contributed by atoms with van der Waals surface area (Å²) in [6, 6.07) is 8.22. The second-order valence-corrected chi connectivity index (χ2v) is 5.92. The minimum atomic E-state index is -0.00304. The number of carbonyl (C=O) groups excluding carboxylic acids is 1. The number of para-hydroxylation sites is 1. The number of hydrogen-bond donors (Lipinski definition) is 2. The maximum Gasteiger partial charge on any atom is 0.223 e. The number of amides is 1. The van der Waals surface area contributed by atoms with Gasteiger partial charge in [0, 0.05) is 18.2 Å². The molecule has 1 fully saturated rings. The van der Waals surface area contributed by atoms with Crippen molar-refractivity contribution in [2.75, 3.05) is 12.4 Å². The summed E-state index contributed by atoms with van der Waals surface area (Å²) in [4.78, 5) is 11.4. The highest BCUT2D eigenvalue weighted by atomic mass is 32.2. The van der Waals surface area contributed by atoms with Crippen molar-refractivity contribution >= 4 is 17.7 Å². The van der Waals surface area contributed by atoms with Gasteiger partial charge in [0.05, 0.1) is 6.61 Å². The lowest BCUT2D eigenvalue weighted by atomic mass is 10.2. The van der Waals surface area contributed by atoms with E-state index >= 15 is 0 Å². The van der Waals surface area contributed by atoms with Crippen LogP contribution in [0.4, 0.5) is 0 Å². The van der Waals surface area contributed by atoms with E-state index in [0.29, 0.717) is 13.0 Å². The number of carbonyl (C=O) groups is 1. The van der Waals surface area contributed by atoms with Crippen LogP contribution in [0.2, 0.25) is 0 Å². The number of benzene rings is 1. The lowest BCUT2D eigenvalue weighted by molar-refractivity contribution is -0.123. The first-order chi connectivity index (χ1) is 9.15. The highest BCUT2D eigenvalue weighted by Crippen LogP contribution is 2.17. The Labute approximate surface area is 118 Å². The van der Waals surface area contributed by atoms with E-state index in [0.717, 1.165) is 17.1 Å². The van der Waals surface area contributed by atoms with E-state index in [4.69, 9.17) is 4.74 Å². The Balaban J connectivity index is 1.69. The van der Waals surface area contributed by atoms with E-state index in [-0.39, 0.29) is 17.4 Å². The molecular weight excluding hydrogens is 260 g/mol. The minimum absolute atomic E-state index is 0.00304. The molecule has 0 saturated carbocycles. The van der Waals surface area contributed by atoms with E-state index in [2.05, 4.69) is 10.6 Å². The molecule has 1 amide bonds. The summed E-state index contributed by atoms with van der Waals surface area (Å²) in [5.74, 6) is 1.87. The first-order valence-electron chi connectivity index (χ1n) is 6.50. The molecule has 2 atom stereocenters. The van der Waals surface area contributed by atoms with Gasteiger partial charge >= 0.3 is 0 Å². The summed E-state index contributed by atoms with van der Waals surface area (Å²) in [5.41, 5.74) is 1.14. The van der Waals surface area contributed by atoms with Crippen molar-refractivity contribution in [2.24, 2.45) is 0 Å². The molecule has 1 saturated heterocycles. The standard InChI is InChI=1S/C14H20N2O2S/c1-10-5-3-4-6-12(10)18-7-8-19-14-15-11(2)9-13(17)16-14/h3-6,11,14-15H,7-9H2,1-2H3,(H,16,17). The maximum absolute atomic E-state index is 11.4. The van der Waals surface area contributed by atoms with Gasteiger partial charge in [0.1, 0.15) is 11.2 Å². The van der Waals surface area contributed by atoms with Crippen molar-refractivity contribution < 1.29 is 9.53 Å². The van der Waals surface area contributed by atoms with Gasteiger partial charge in [0.15, 0.2) is 0 Å². The third kappa shape index (κ3) is 4.44. The second kappa shape index (κ2) is 6.82. The molecule has 0 aromatic heterocycles. The number of nitrogens with one attached hydrogen (secondary N) is 2. The predicted molar refractivity (Wildman–Crippen MR) is 78.3 cm³/mol. The van der Waals surface area contributed by atoms with Crippen LogP contribution < -0.4 is 15.4 Å². The number of hydrogen-bond acceptors (Lipinski definition) is 4. The highest BCUT2D eigenvalue weighted by Gasteiger charge is 2.22. The first-order valence-corrected chi connectivity index (χ1v) is 7.55. The van der Waals surface area contributed by atoms with Crippen LogP contribution in [0.25, 0.3) is 0 Å². The third-order valence-electron chi connectivity index (χ3n) is 2.94. The Kier molecular flexibility index (Phi) is 5.10. The van der Waals surface area contributed by atoms with Gasteiger partial charge in [-0.2, -0.15) is 0 Å². The van der Waals surface area contributed by atoms with E-state index in [9.17, 15) is 4.79 Å². The van der Waals surface area contributed by atoms with Gasteiger partial charge in [-0.25, -0.2) is 0 Å². The summed E-state index contributed by atoms with van der Waals surface area (Å²) in [5, 5.41) is 6.25. The van der Waals surface area contributed by atoms with Crippen molar-refractivity contribution in [3.05, 3.63) is 29.8 Å². The molecule has 2 unspecified atom stereocenters. The van der Waals surface area contributed by atoms with Crippen LogP contribution in [0.1, 0.15) is 18.9 Å². The van der Waals surface area contributed by atoms with Crippen LogP contribution in [0, 0.1) is 6.92 Å². The lowest BCUT2D eigenvalue weighted by Gasteiger charge is -2.28. The van der Waals surface area contributed by atoms with Crippen molar-refractivity contribution in [3.63, 3.8) is 0 Å². The largest absolute Gasteiger partial charge is 0.492 e. The molecular formula is C14H20N2O2S. The molecule has 0 bridgehead atoms. The Morgan fingerprint density at radius 1 is 1.42 bits per heavy atom. The quantitative estimate of drug-likeness (QED) is 0.809. The van der Waals surface area contributed by atoms with E-state index in [1.807, 2.05) is 38.1 Å². The van der Waals surface area contributed by atoms with Gasteiger partial charge in [-0.3, -0.25) is 10.1 Å². The summed E-state index contributed by atoms with van der Waals surface area (Å²) in [6.45, 7) is 4.70. The van der Waals surface area contributed by atoms with Gasteiger partial charge in [-0.15, -0.1) is 11.8 Å². The Hall–Kier alpha value is -1.20. The van der Waals surface area contributed by atoms with Gasteiger partial charge in [-0.1, -0.05) is 18.2 Å². The molecule has 1 aromatic carbocycles. The fourth-order valence-electron chi connectivity index (χ4n) is 1.97. The molecule has 1 aliphatic heterocycles. The molecule has 19 heavy (non-hydrogen) atoms. The Bertz CT molecular complexity index is 439. The van der Waals surface area contributed by atoms with Crippen LogP contribution in [0.15, 0.2) is 24.3 Å². The summed E-state index contributed by atoms with van der Waals surface area (Å²) >= 11 is 1.66. The third-order valence-corrected chi connectivity index (χ3v) is 3.93. The zero-order chi connectivity index (χ0) is 13.7. The van der Waals surface area contributed by atoms with Gasteiger partial charge in [0.25, 0.3) is 0 Å². The normalized spacial score (nSPS) is 22.9. The van der Waals surface area contributed by atoms with E-state index < -0.39 is 0 Å². The summed E-state index contributed by atoms with van der Waals surface area (Å²) in [6.07, 6.45) is 0.552. The lowest BCUT2D eigenvalue weighted by Crippen LogP contribution is -2.53. The molecule has 1 heterocycles. The van der Waals surface area contributed by atoms with E-state index in [1.54, 1.807) is 11.8 Å². The molecule has 0 aliphatic carbocycles. The van der Waals surface area contributed by atoms with Crippen LogP contribution >= 0.6 is 11.8 Å². The van der Waals surface area contributed by atoms with Crippen molar-refractivity contribution in [2.45, 2.75) is 31.8 Å². The average Bonchev–Trinajstić information content (AvgIpc) is 2.35. The van der Waals surface area contributed by atoms with Crippen molar-refractivity contribution in [3.8, 4) is 5.75 Å². The molecule has 1 aromatic rings. The molecule has 5 heteroatoms. The second-order valence-electron chi connectivity index (χ2n) is 4.70.